The third kappa shape index (κ3) is 4.80. The molecular formula is C10H14N2O2S. The summed E-state index contributed by atoms with van der Waals surface area (Å²) in [6.45, 7) is 1.64. The number of hydrogen-bond donors (Lipinski definition) is 2. The number of thioether (sulfide) groups is 1. The van der Waals surface area contributed by atoms with E-state index in [1.165, 1.54) is 6.92 Å². The Hall–Kier alpha value is -1.07. The van der Waals surface area contributed by atoms with E-state index in [4.69, 9.17) is 5.11 Å². The Morgan fingerprint density at radius 3 is 3.13 bits per heavy atom. The van der Waals surface area contributed by atoms with Gasteiger partial charge in [-0.1, -0.05) is 0 Å². The maximum Gasteiger partial charge on any atom is 0.222 e. The summed E-state index contributed by atoms with van der Waals surface area (Å²) in [5, 5.41) is 11.3. The Balaban J connectivity index is 2.53. The molecule has 0 aromatic carbocycles. The fourth-order valence-electron chi connectivity index (χ4n) is 1.07. The smallest absolute Gasteiger partial charge is 0.222 e. The predicted octanol–water partition coefficient (Wildman–Crippen LogP) is 1.27. The molecule has 0 atom stereocenters. The molecule has 1 aromatic heterocycles. The highest BCUT2D eigenvalue weighted by Crippen LogP contribution is 2.14. The second kappa shape index (κ2) is 6.42. The molecule has 0 unspecified atom stereocenters. The maximum atomic E-state index is 10.8. The monoisotopic (exact) mass is 226 g/mol. The molecule has 0 aliphatic heterocycles. The van der Waals surface area contributed by atoms with Crippen molar-refractivity contribution in [3.05, 3.63) is 23.9 Å². The normalized spacial score (nSPS) is 10.0. The van der Waals surface area contributed by atoms with E-state index in [0.29, 0.717) is 5.82 Å². The third-order valence-corrected chi connectivity index (χ3v) is 2.64. The standard InChI is InChI=1S/C10H14N2O2S/c1-8(14)12-10-6-9(2-3-11-10)7-15-5-4-13/h2-3,6,13H,4-5,7H2,1H3,(H,11,12,14). The molecule has 1 amide bonds. The van der Waals surface area contributed by atoms with Crippen LogP contribution >= 0.6 is 11.8 Å². The van der Waals surface area contributed by atoms with Gasteiger partial charge in [0.15, 0.2) is 0 Å². The van der Waals surface area contributed by atoms with Crippen LogP contribution in [0.5, 0.6) is 0 Å². The van der Waals surface area contributed by atoms with Gasteiger partial charge in [-0.05, 0) is 17.7 Å². The van der Waals surface area contributed by atoms with Gasteiger partial charge in [-0.15, -0.1) is 0 Å². The number of amides is 1. The van der Waals surface area contributed by atoms with Gasteiger partial charge < -0.3 is 10.4 Å². The van der Waals surface area contributed by atoms with Crippen LogP contribution in [0, 0.1) is 0 Å². The van der Waals surface area contributed by atoms with E-state index in [0.717, 1.165) is 17.1 Å². The van der Waals surface area contributed by atoms with Crippen molar-refractivity contribution in [2.75, 3.05) is 17.7 Å². The van der Waals surface area contributed by atoms with Crippen LogP contribution in [0.2, 0.25) is 0 Å². The van der Waals surface area contributed by atoms with Gasteiger partial charge in [-0.3, -0.25) is 4.79 Å². The predicted molar refractivity (Wildman–Crippen MR) is 61.8 cm³/mol. The fraction of sp³-hybridized carbons (Fsp3) is 0.400. The van der Waals surface area contributed by atoms with E-state index >= 15 is 0 Å². The van der Waals surface area contributed by atoms with Gasteiger partial charge in [-0.25, -0.2) is 4.98 Å². The summed E-state index contributed by atoms with van der Waals surface area (Å²) < 4.78 is 0. The van der Waals surface area contributed by atoms with Crippen LogP contribution in [0.1, 0.15) is 12.5 Å². The zero-order valence-electron chi connectivity index (χ0n) is 8.56. The average molecular weight is 226 g/mol. The molecule has 82 valence electrons. The maximum absolute atomic E-state index is 10.8. The first kappa shape index (κ1) is 12.0. The van der Waals surface area contributed by atoms with E-state index < -0.39 is 0 Å². The lowest BCUT2D eigenvalue weighted by molar-refractivity contribution is -0.114. The van der Waals surface area contributed by atoms with E-state index in [2.05, 4.69) is 10.3 Å². The highest BCUT2D eigenvalue weighted by Gasteiger charge is 1.99. The van der Waals surface area contributed by atoms with Crippen molar-refractivity contribution < 1.29 is 9.90 Å². The minimum atomic E-state index is -0.123. The minimum Gasteiger partial charge on any atom is -0.396 e. The number of aromatic nitrogens is 1. The lowest BCUT2D eigenvalue weighted by Gasteiger charge is -2.04. The number of carbonyl (C=O) groups excluding carboxylic acids is 1. The first-order valence-electron chi connectivity index (χ1n) is 4.63. The van der Waals surface area contributed by atoms with E-state index in [1.54, 1.807) is 18.0 Å². The molecule has 5 heteroatoms. The zero-order valence-corrected chi connectivity index (χ0v) is 9.38. The van der Waals surface area contributed by atoms with Crippen molar-refractivity contribution in [3.63, 3.8) is 0 Å². The molecule has 0 bridgehead atoms. The van der Waals surface area contributed by atoms with Gasteiger partial charge in [0, 0.05) is 24.6 Å². The Morgan fingerprint density at radius 2 is 2.47 bits per heavy atom. The van der Waals surface area contributed by atoms with Gasteiger partial charge in [0.25, 0.3) is 0 Å². The number of carbonyl (C=O) groups is 1. The van der Waals surface area contributed by atoms with Crippen molar-refractivity contribution in [1.82, 2.24) is 4.98 Å². The van der Waals surface area contributed by atoms with Crippen molar-refractivity contribution in [3.8, 4) is 0 Å². The van der Waals surface area contributed by atoms with Crippen LogP contribution < -0.4 is 5.32 Å². The van der Waals surface area contributed by atoms with Gasteiger partial charge >= 0.3 is 0 Å². The first-order valence-corrected chi connectivity index (χ1v) is 5.79. The average Bonchev–Trinajstić information content (AvgIpc) is 2.18. The molecule has 4 nitrogen and oxygen atoms in total. The number of aliphatic hydroxyl groups excluding tert-OH is 1. The van der Waals surface area contributed by atoms with Gasteiger partial charge in [0.2, 0.25) is 5.91 Å². The molecule has 0 saturated carbocycles. The van der Waals surface area contributed by atoms with Crippen LogP contribution in [0.3, 0.4) is 0 Å². The van der Waals surface area contributed by atoms with Crippen LogP contribution in [0.15, 0.2) is 18.3 Å². The van der Waals surface area contributed by atoms with Gasteiger partial charge in [-0.2, -0.15) is 11.8 Å². The second-order valence-corrected chi connectivity index (χ2v) is 4.11. The van der Waals surface area contributed by atoms with E-state index in [9.17, 15) is 4.79 Å². The zero-order chi connectivity index (χ0) is 11.1. The van der Waals surface area contributed by atoms with Crippen molar-refractivity contribution in [2.24, 2.45) is 0 Å². The summed E-state index contributed by atoms with van der Waals surface area (Å²) >= 11 is 1.64. The number of pyridine rings is 1. The summed E-state index contributed by atoms with van der Waals surface area (Å²) in [5.74, 6) is 1.99. The molecule has 15 heavy (non-hydrogen) atoms. The fourth-order valence-corrected chi connectivity index (χ4v) is 1.76. The van der Waals surface area contributed by atoms with E-state index in [1.807, 2.05) is 12.1 Å². The summed E-state index contributed by atoms with van der Waals surface area (Å²) in [6.07, 6.45) is 1.67. The summed E-state index contributed by atoms with van der Waals surface area (Å²) in [4.78, 5) is 14.8. The molecule has 0 aliphatic rings. The number of aliphatic hydroxyl groups is 1. The first-order chi connectivity index (χ1) is 7.22. The highest BCUT2D eigenvalue weighted by molar-refractivity contribution is 7.98. The number of rotatable bonds is 5. The third-order valence-electron chi connectivity index (χ3n) is 1.63. The lowest BCUT2D eigenvalue weighted by atomic mass is 10.3. The number of hydrogen-bond acceptors (Lipinski definition) is 4. The van der Waals surface area contributed by atoms with Crippen molar-refractivity contribution >= 4 is 23.5 Å². The van der Waals surface area contributed by atoms with E-state index in [-0.39, 0.29) is 12.5 Å². The summed E-state index contributed by atoms with van der Waals surface area (Å²) in [7, 11) is 0. The SMILES string of the molecule is CC(=O)Nc1cc(CSCCO)ccn1. The summed E-state index contributed by atoms with van der Waals surface area (Å²) in [6, 6.07) is 3.74. The van der Waals surface area contributed by atoms with Crippen LogP contribution in [-0.2, 0) is 10.5 Å². The Labute approximate surface area is 93.1 Å². The topological polar surface area (TPSA) is 62.2 Å². The molecule has 1 heterocycles. The molecule has 0 spiro atoms. The molecule has 1 aromatic rings. The molecule has 0 fully saturated rings. The second-order valence-electron chi connectivity index (χ2n) is 3.01. The van der Waals surface area contributed by atoms with Crippen LogP contribution in [0.4, 0.5) is 5.82 Å². The minimum absolute atomic E-state index is 0.123. The Kier molecular flexibility index (Phi) is 5.14. The molecule has 0 aliphatic carbocycles. The molecule has 0 saturated heterocycles. The number of nitrogens with zero attached hydrogens (tertiary/aromatic N) is 1. The van der Waals surface area contributed by atoms with Crippen LogP contribution in [-0.4, -0.2) is 28.4 Å². The van der Waals surface area contributed by atoms with Crippen molar-refractivity contribution in [1.29, 1.82) is 0 Å². The molecule has 1 rings (SSSR count). The molecular weight excluding hydrogens is 212 g/mol. The van der Waals surface area contributed by atoms with Gasteiger partial charge in [0.05, 0.1) is 6.61 Å². The number of anilines is 1. The Bertz CT molecular complexity index is 331. The highest BCUT2D eigenvalue weighted by atomic mass is 32.2. The molecule has 0 radical (unpaired) electrons. The quantitative estimate of drug-likeness (QED) is 0.742. The van der Waals surface area contributed by atoms with Crippen molar-refractivity contribution in [2.45, 2.75) is 12.7 Å². The summed E-state index contributed by atoms with van der Waals surface area (Å²) in [5.41, 5.74) is 1.09. The largest absolute Gasteiger partial charge is 0.396 e. The lowest BCUT2D eigenvalue weighted by Crippen LogP contribution is -2.07. The number of nitrogens with one attached hydrogen (secondary N) is 1. The van der Waals surface area contributed by atoms with Crippen LogP contribution in [0.25, 0.3) is 0 Å². The van der Waals surface area contributed by atoms with Gasteiger partial charge in [0.1, 0.15) is 5.82 Å². The Morgan fingerprint density at radius 1 is 1.67 bits per heavy atom. The molecule has 2 N–H and O–H groups in total.